The van der Waals surface area contributed by atoms with Gasteiger partial charge in [0.2, 0.25) is 11.8 Å². The maximum Gasteiger partial charge on any atom is 0.339 e. The van der Waals surface area contributed by atoms with Gasteiger partial charge >= 0.3 is 5.97 Å². The maximum atomic E-state index is 13.0. The Morgan fingerprint density at radius 2 is 1.55 bits per heavy atom. The zero-order valence-corrected chi connectivity index (χ0v) is 16.9. The number of hydrogen-bond donors (Lipinski definition) is 1. The van der Waals surface area contributed by atoms with E-state index in [0.717, 1.165) is 0 Å². The van der Waals surface area contributed by atoms with Crippen LogP contribution in [0.2, 0.25) is 0 Å². The Morgan fingerprint density at radius 3 is 2.14 bits per heavy atom. The summed E-state index contributed by atoms with van der Waals surface area (Å²) < 4.78 is 6.53. The van der Waals surface area contributed by atoms with Crippen LogP contribution in [0.1, 0.15) is 61.0 Å². The number of nitrogens with zero attached hydrogens (tertiary/aromatic N) is 1. The first-order valence-corrected chi connectivity index (χ1v) is 9.27. The van der Waals surface area contributed by atoms with Crippen molar-refractivity contribution in [2.45, 2.75) is 26.8 Å². The molecule has 29 heavy (non-hydrogen) atoms. The molecule has 0 aliphatic carbocycles. The summed E-state index contributed by atoms with van der Waals surface area (Å²) in [5.74, 6) is -0.706. The third-order valence-electron chi connectivity index (χ3n) is 5.05. The molecule has 2 aromatic heterocycles. The van der Waals surface area contributed by atoms with Gasteiger partial charge in [-0.25, -0.2) is 4.79 Å². The lowest BCUT2D eigenvalue weighted by Crippen LogP contribution is -2.42. The lowest BCUT2D eigenvalue weighted by molar-refractivity contribution is -0.704. The molecular formula is C23H23N2O4+. The van der Waals surface area contributed by atoms with Crippen LogP contribution in [-0.4, -0.2) is 29.6 Å². The molecule has 0 unspecified atom stereocenters. The number of aromatic nitrogens is 2. The van der Waals surface area contributed by atoms with E-state index in [2.05, 4.69) is 4.98 Å². The van der Waals surface area contributed by atoms with Crippen LogP contribution in [0, 0.1) is 13.8 Å². The summed E-state index contributed by atoms with van der Waals surface area (Å²) in [6.07, 6.45) is 3.43. The highest BCUT2D eigenvalue weighted by Gasteiger charge is 2.30. The van der Waals surface area contributed by atoms with E-state index >= 15 is 0 Å². The third-order valence-corrected chi connectivity index (χ3v) is 5.05. The summed E-state index contributed by atoms with van der Waals surface area (Å²) in [5.41, 5.74) is 3.10. The molecule has 0 aliphatic heterocycles. The monoisotopic (exact) mass is 391 g/mol. The number of ketones is 2. The molecule has 0 radical (unpaired) electrons. The van der Waals surface area contributed by atoms with Crippen molar-refractivity contribution in [3.63, 3.8) is 0 Å². The minimum atomic E-state index is -0.516. The molecule has 0 fully saturated rings. The minimum absolute atomic E-state index is 0.0738. The first kappa shape index (κ1) is 20.2. The van der Waals surface area contributed by atoms with Gasteiger partial charge in [-0.2, -0.15) is 4.57 Å². The number of hydrogen-bond acceptors (Lipinski definition) is 4. The molecule has 1 N–H and O–H groups in total. The van der Waals surface area contributed by atoms with Crippen LogP contribution in [0.4, 0.5) is 0 Å². The van der Waals surface area contributed by atoms with Crippen LogP contribution >= 0.6 is 0 Å². The summed E-state index contributed by atoms with van der Waals surface area (Å²) in [7, 11) is 1.31. The number of benzene rings is 1. The van der Waals surface area contributed by atoms with Gasteiger partial charge in [0.1, 0.15) is 0 Å². The second-order valence-corrected chi connectivity index (χ2v) is 6.89. The van der Waals surface area contributed by atoms with Gasteiger partial charge in [0.05, 0.1) is 18.4 Å². The average Bonchev–Trinajstić information content (AvgIpc) is 3.06. The lowest BCUT2D eigenvalue weighted by atomic mass is 10.0. The normalized spacial score (nSPS) is 11.7. The molecule has 3 aromatic rings. The zero-order valence-electron chi connectivity index (χ0n) is 16.9. The molecule has 1 aromatic carbocycles. The van der Waals surface area contributed by atoms with Gasteiger partial charge in [0.25, 0.3) is 0 Å². The fourth-order valence-corrected chi connectivity index (χ4v) is 3.35. The number of carbonyl (C=O) groups excluding carboxylic acids is 3. The highest BCUT2D eigenvalue weighted by molar-refractivity contribution is 6.08. The van der Waals surface area contributed by atoms with E-state index in [9.17, 15) is 14.4 Å². The highest BCUT2D eigenvalue weighted by Crippen LogP contribution is 2.21. The second-order valence-electron chi connectivity index (χ2n) is 6.89. The van der Waals surface area contributed by atoms with Crippen molar-refractivity contribution in [3.8, 4) is 0 Å². The summed E-state index contributed by atoms with van der Waals surface area (Å²) in [6, 6.07) is 11.9. The van der Waals surface area contributed by atoms with Crippen molar-refractivity contribution in [2.24, 2.45) is 0 Å². The largest absolute Gasteiger partial charge is 0.465 e. The Morgan fingerprint density at radius 1 is 0.966 bits per heavy atom. The molecule has 0 spiro atoms. The fourth-order valence-electron chi connectivity index (χ4n) is 3.35. The van der Waals surface area contributed by atoms with E-state index in [-0.39, 0.29) is 11.6 Å². The number of carbonyl (C=O) groups is 3. The number of ether oxygens (including phenoxy) is 1. The van der Waals surface area contributed by atoms with E-state index in [1.54, 1.807) is 62.0 Å². The fraction of sp³-hybridized carbons (Fsp3) is 0.217. The molecule has 0 bridgehead atoms. The summed E-state index contributed by atoms with van der Waals surface area (Å²) >= 11 is 0. The van der Waals surface area contributed by atoms with Crippen LogP contribution in [-0.2, 0) is 4.74 Å². The van der Waals surface area contributed by atoms with Gasteiger partial charge in [-0.05, 0) is 19.4 Å². The third kappa shape index (κ3) is 3.87. The number of pyridine rings is 1. The van der Waals surface area contributed by atoms with Crippen LogP contribution in [0.5, 0.6) is 0 Å². The van der Waals surface area contributed by atoms with Crippen LogP contribution in [0.25, 0.3) is 0 Å². The molecule has 6 heteroatoms. The van der Waals surface area contributed by atoms with Crippen molar-refractivity contribution in [1.29, 1.82) is 0 Å². The average molecular weight is 391 g/mol. The summed E-state index contributed by atoms with van der Waals surface area (Å²) in [5, 5.41) is 0. The van der Waals surface area contributed by atoms with E-state index in [1.165, 1.54) is 7.11 Å². The Balaban J connectivity index is 1.84. The number of H-pyrrole nitrogens is 1. The topological polar surface area (TPSA) is 80.1 Å². The first-order valence-electron chi connectivity index (χ1n) is 9.27. The van der Waals surface area contributed by atoms with Crippen LogP contribution < -0.4 is 4.57 Å². The summed E-state index contributed by atoms with van der Waals surface area (Å²) in [6.45, 7) is 5.23. The summed E-state index contributed by atoms with van der Waals surface area (Å²) in [4.78, 5) is 40.5. The zero-order chi connectivity index (χ0) is 21.1. The standard InChI is InChI=1S/C23H22N2O4/c1-14-19(23(28)29-4)15(2)24-20(14)21(26)16(3)25-12-10-18(11-13-25)22(27)17-8-6-5-7-9-17/h5-13,16H,1-4H3/p+1/t16-/m1/s1. The number of esters is 1. The maximum absolute atomic E-state index is 13.0. The van der Waals surface area contributed by atoms with Gasteiger partial charge in [0, 0.05) is 35.9 Å². The van der Waals surface area contributed by atoms with Crippen LogP contribution in [0.3, 0.4) is 0 Å². The number of aromatic amines is 1. The van der Waals surface area contributed by atoms with E-state index < -0.39 is 12.0 Å². The van der Waals surface area contributed by atoms with Gasteiger partial charge in [-0.3, -0.25) is 9.59 Å². The van der Waals surface area contributed by atoms with Crippen molar-refractivity contribution < 1.29 is 23.7 Å². The molecule has 0 amide bonds. The number of Topliss-reactive ketones (excluding diaryl/α,β-unsaturated/α-hetero) is 1. The van der Waals surface area contributed by atoms with E-state index in [1.807, 2.05) is 18.2 Å². The SMILES string of the molecule is COC(=O)c1c(C)[nH]c(C(=O)[C@@H](C)[n+]2ccc(C(=O)c3ccccc3)cc2)c1C. The second kappa shape index (κ2) is 8.22. The number of nitrogens with one attached hydrogen (secondary N) is 1. The van der Waals surface area contributed by atoms with Crippen molar-refractivity contribution in [3.05, 3.63) is 88.5 Å². The Labute approximate surface area is 169 Å². The number of aryl methyl sites for hydroxylation is 1. The molecule has 2 heterocycles. The van der Waals surface area contributed by atoms with E-state index in [4.69, 9.17) is 4.74 Å². The van der Waals surface area contributed by atoms with Crippen molar-refractivity contribution in [2.75, 3.05) is 7.11 Å². The molecule has 1 atom stereocenters. The van der Waals surface area contributed by atoms with Gasteiger partial charge in [-0.1, -0.05) is 30.3 Å². The molecule has 3 rings (SSSR count). The smallest absolute Gasteiger partial charge is 0.339 e. The molecular weight excluding hydrogens is 368 g/mol. The van der Waals surface area contributed by atoms with Crippen molar-refractivity contribution in [1.82, 2.24) is 4.98 Å². The number of rotatable bonds is 6. The lowest BCUT2D eigenvalue weighted by Gasteiger charge is -2.07. The first-order chi connectivity index (χ1) is 13.8. The van der Waals surface area contributed by atoms with Gasteiger partial charge in [0.15, 0.2) is 18.2 Å². The Hall–Kier alpha value is -3.54. The molecule has 6 nitrogen and oxygen atoms in total. The van der Waals surface area contributed by atoms with Gasteiger partial charge < -0.3 is 9.72 Å². The highest BCUT2D eigenvalue weighted by atomic mass is 16.5. The predicted molar refractivity (Wildman–Crippen MR) is 107 cm³/mol. The van der Waals surface area contributed by atoms with Crippen molar-refractivity contribution >= 4 is 17.5 Å². The minimum Gasteiger partial charge on any atom is -0.465 e. The van der Waals surface area contributed by atoms with E-state index in [0.29, 0.717) is 33.6 Å². The quantitative estimate of drug-likeness (QED) is 0.397. The van der Waals surface area contributed by atoms with Gasteiger partial charge in [-0.15, -0.1) is 0 Å². The number of methoxy groups -OCH3 is 1. The molecule has 0 aliphatic rings. The molecule has 0 saturated carbocycles. The Bertz CT molecular complexity index is 1070. The Kier molecular flexibility index (Phi) is 5.73. The predicted octanol–water partition coefficient (Wildman–Crippen LogP) is 3.38. The molecule has 148 valence electrons. The van der Waals surface area contributed by atoms with Crippen LogP contribution in [0.15, 0.2) is 54.9 Å². The molecule has 0 saturated heterocycles.